The molecule has 0 aromatic heterocycles. The smallest absolute Gasteiger partial charge is 0.407 e. The van der Waals surface area contributed by atoms with Crippen LogP contribution in [-0.2, 0) is 25.9 Å². The molecule has 0 aliphatic carbocycles. The van der Waals surface area contributed by atoms with E-state index in [1.165, 1.54) is 4.31 Å². The first-order valence-corrected chi connectivity index (χ1v) is 13.4. The van der Waals surface area contributed by atoms with Crippen molar-refractivity contribution >= 4 is 16.1 Å². The van der Waals surface area contributed by atoms with E-state index in [1.807, 2.05) is 51.1 Å². The summed E-state index contributed by atoms with van der Waals surface area (Å²) in [6.07, 6.45) is -1.21. The van der Waals surface area contributed by atoms with Gasteiger partial charge in [-0.25, -0.2) is 13.2 Å². The number of carbonyl (C=O) groups excluding carboxylic acids is 1. The molecule has 0 radical (unpaired) electrons. The molecule has 8 nitrogen and oxygen atoms in total. The molecule has 2 aromatic rings. The van der Waals surface area contributed by atoms with Gasteiger partial charge in [-0.15, -0.1) is 0 Å². The van der Waals surface area contributed by atoms with Crippen LogP contribution in [0.4, 0.5) is 4.79 Å². The third kappa shape index (κ3) is 8.03. The Balaban J connectivity index is 1.80. The van der Waals surface area contributed by atoms with Crippen LogP contribution in [0.5, 0.6) is 0 Å². The van der Waals surface area contributed by atoms with Crippen LogP contribution in [0.15, 0.2) is 59.5 Å². The zero-order chi connectivity index (χ0) is 25.4. The van der Waals surface area contributed by atoms with E-state index in [1.54, 1.807) is 24.3 Å². The fraction of sp³-hybridized carbons (Fsp3) is 0.500. The summed E-state index contributed by atoms with van der Waals surface area (Å²) >= 11 is 0. The van der Waals surface area contributed by atoms with E-state index >= 15 is 0 Å². The lowest BCUT2D eigenvalue weighted by Crippen LogP contribution is -2.51. The van der Waals surface area contributed by atoms with E-state index in [2.05, 4.69) is 5.32 Å². The number of aliphatic hydroxyl groups is 1. The number of aliphatic hydroxyl groups excluding tert-OH is 1. The Hall–Kier alpha value is -2.46. The highest BCUT2D eigenvalue weighted by Crippen LogP contribution is 2.20. The van der Waals surface area contributed by atoms with Gasteiger partial charge in [0.15, 0.2) is 0 Å². The lowest BCUT2D eigenvalue weighted by Gasteiger charge is -2.30. The number of nitrogens with one attached hydrogen (secondary N) is 1. The summed E-state index contributed by atoms with van der Waals surface area (Å²) in [6.45, 7) is 6.68. The molecule has 1 aliphatic heterocycles. The van der Waals surface area contributed by atoms with Crippen molar-refractivity contribution in [1.82, 2.24) is 9.62 Å². The van der Waals surface area contributed by atoms with Gasteiger partial charge in [0.2, 0.25) is 10.0 Å². The summed E-state index contributed by atoms with van der Waals surface area (Å²) in [6, 6.07) is 15.3. The summed E-state index contributed by atoms with van der Waals surface area (Å²) in [5.41, 5.74) is 1.86. The minimum atomic E-state index is -3.85. The van der Waals surface area contributed by atoms with Crippen molar-refractivity contribution in [3.63, 3.8) is 0 Å². The minimum absolute atomic E-state index is 0.0373. The summed E-state index contributed by atoms with van der Waals surface area (Å²) in [5, 5.41) is 14.0. The van der Waals surface area contributed by atoms with Crippen LogP contribution in [0.1, 0.15) is 31.4 Å². The standard InChI is InChI=1S/C26H36N2O6S/c1-19(2)16-28(35(31,32)23-11-9-20(3)10-12-23)17-25(29)24(15-21-7-5-4-6-8-21)27-26(30)34-22-13-14-33-18-22/h4-12,19,22,24-25,29H,13-18H2,1-3H3,(H,27,30). The molecule has 2 aromatic carbocycles. The van der Waals surface area contributed by atoms with Crippen molar-refractivity contribution in [1.29, 1.82) is 0 Å². The molecule has 1 fully saturated rings. The molecule has 0 bridgehead atoms. The van der Waals surface area contributed by atoms with E-state index in [0.717, 1.165) is 11.1 Å². The SMILES string of the molecule is Cc1ccc(S(=O)(=O)N(CC(C)C)CC(O)C(Cc2ccccc2)NC(=O)OC2CCOC2)cc1. The molecular formula is C26H36N2O6S. The topological polar surface area (TPSA) is 105 Å². The van der Waals surface area contributed by atoms with Crippen molar-refractivity contribution in [2.45, 2.75) is 56.8 Å². The number of hydrogen-bond acceptors (Lipinski definition) is 6. The van der Waals surface area contributed by atoms with Crippen molar-refractivity contribution in [3.05, 3.63) is 65.7 Å². The summed E-state index contributed by atoms with van der Waals surface area (Å²) in [5.74, 6) is 0.0373. The largest absolute Gasteiger partial charge is 0.444 e. The molecule has 1 amide bonds. The van der Waals surface area contributed by atoms with Gasteiger partial charge in [0.05, 0.1) is 30.3 Å². The molecule has 1 aliphatic rings. The van der Waals surface area contributed by atoms with Crippen LogP contribution >= 0.6 is 0 Å². The second-order valence-corrected chi connectivity index (χ2v) is 11.4. The van der Waals surface area contributed by atoms with Crippen LogP contribution in [-0.4, -0.2) is 68.5 Å². The average Bonchev–Trinajstić information content (AvgIpc) is 3.31. The van der Waals surface area contributed by atoms with Gasteiger partial charge in [-0.1, -0.05) is 61.9 Å². The molecule has 0 spiro atoms. The number of alkyl carbamates (subject to hydrolysis) is 1. The molecule has 1 saturated heterocycles. The van der Waals surface area contributed by atoms with Gasteiger partial charge < -0.3 is 19.9 Å². The van der Waals surface area contributed by atoms with E-state index < -0.39 is 28.3 Å². The van der Waals surface area contributed by atoms with Crippen molar-refractivity contribution in [2.75, 3.05) is 26.3 Å². The average molecular weight is 505 g/mol. The molecule has 2 N–H and O–H groups in total. The molecular weight excluding hydrogens is 468 g/mol. The molecule has 3 atom stereocenters. The third-order valence-corrected chi connectivity index (χ3v) is 7.69. The number of amides is 1. The Labute approximate surface area is 208 Å². The predicted molar refractivity (Wildman–Crippen MR) is 134 cm³/mol. The first kappa shape index (κ1) is 27.1. The highest BCUT2D eigenvalue weighted by atomic mass is 32.2. The van der Waals surface area contributed by atoms with Gasteiger partial charge in [0.25, 0.3) is 0 Å². The fourth-order valence-electron chi connectivity index (χ4n) is 3.97. The Bertz CT molecular complexity index is 1040. The first-order chi connectivity index (χ1) is 16.6. The van der Waals surface area contributed by atoms with Gasteiger partial charge in [-0.2, -0.15) is 4.31 Å². The normalized spacial score (nSPS) is 17.9. The third-order valence-electron chi connectivity index (χ3n) is 5.85. The zero-order valence-corrected chi connectivity index (χ0v) is 21.4. The number of carbonyl (C=O) groups is 1. The minimum Gasteiger partial charge on any atom is -0.444 e. The maximum Gasteiger partial charge on any atom is 0.407 e. The Kier molecular flexibility index (Phi) is 9.68. The van der Waals surface area contributed by atoms with Crippen LogP contribution in [0.2, 0.25) is 0 Å². The first-order valence-electron chi connectivity index (χ1n) is 12.0. The van der Waals surface area contributed by atoms with Crippen molar-refractivity contribution in [3.8, 4) is 0 Å². The molecule has 192 valence electrons. The molecule has 0 saturated carbocycles. The zero-order valence-electron chi connectivity index (χ0n) is 20.6. The lowest BCUT2D eigenvalue weighted by molar-refractivity contribution is 0.0644. The van der Waals surface area contributed by atoms with E-state index in [0.29, 0.717) is 26.1 Å². The van der Waals surface area contributed by atoms with Crippen LogP contribution in [0.3, 0.4) is 0 Å². The van der Waals surface area contributed by atoms with Gasteiger partial charge in [-0.3, -0.25) is 0 Å². The number of aryl methyl sites for hydroxylation is 1. The van der Waals surface area contributed by atoms with Gasteiger partial charge in [0, 0.05) is 19.5 Å². The molecule has 3 unspecified atom stereocenters. The second-order valence-electron chi connectivity index (χ2n) is 9.43. The van der Waals surface area contributed by atoms with Crippen molar-refractivity contribution in [2.24, 2.45) is 5.92 Å². The molecule has 1 heterocycles. The number of ether oxygens (including phenoxy) is 2. The van der Waals surface area contributed by atoms with Crippen LogP contribution in [0.25, 0.3) is 0 Å². The maximum atomic E-state index is 13.4. The Morgan fingerprint density at radius 3 is 2.43 bits per heavy atom. The second kappa shape index (κ2) is 12.5. The highest BCUT2D eigenvalue weighted by molar-refractivity contribution is 7.89. The Morgan fingerprint density at radius 2 is 1.83 bits per heavy atom. The van der Waals surface area contributed by atoms with E-state index in [9.17, 15) is 18.3 Å². The summed E-state index contributed by atoms with van der Waals surface area (Å²) in [4.78, 5) is 12.8. The fourth-order valence-corrected chi connectivity index (χ4v) is 5.59. The van der Waals surface area contributed by atoms with Gasteiger partial charge in [0.1, 0.15) is 6.10 Å². The van der Waals surface area contributed by atoms with Crippen molar-refractivity contribution < 1.29 is 27.8 Å². The maximum absolute atomic E-state index is 13.4. The number of nitrogens with zero attached hydrogens (tertiary/aromatic N) is 1. The monoisotopic (exact) mass is 504 g/mol. The quantitative estimate of drug-likeness (QED) is 0.487. The van der Waals surface area contributed by atoms with E-state index in [-0.39, 0.29) is 30.0 Å². The predicted octanol–water partition coefficient (Wildman–Crippen LogP) is 3.13. The lowest BCUT2D eigenvalue weighted by atomic mass is 10.0. The number of hydrogen-bond donors (Lipinski definition) is 2. The van der Waals surface area contributed by atoms with Gasteiger partial charge in [-0.05, 0) is 37.0 Å². The highest BCUT2D eigenvalue weighted by Gasteiger charge is 2.32. The number of benzene rings is 2. The van der Waals surface area contributed by atoms with Crippen LogP contribution < -0.4 is 5.32 Å². The number of sulfonamides is 1. The van der Waals surface area contributed by atoms with E-state index in [4.69, 9.17) is 9.47 Å². The molecule has 9 heteroatoms. The Morgan fingerprint density at radius 1 is 1.14 bits per heavy atom. The van der Waals surface area contributed by atoms with Gasteiger partial charge >= 0.3 is 6.09 Å². The van der Waals surface area contributed by atoms with Crippen LogP contribution in [0, 0.1) is 12.8 Å². The number of rotatable bonds is 11. The molecule has 3 rings (SSSR count). The molecule has 35 heavy (non-hydrogen) atoms. The summed E-state index contributed by atoms with van der Waals surface area (Å²) in [7, 11) is -3.85. The summed E-state index contributed by atoms with van der Waals surface area (Å²) < 4.78 is 38.9.